The monoisotopic (exact) mass is 297 g/mol. The number of rotatable bonds is 2. The summed E-state index contributed by atoms with van der Waals surface area (Å²) in [6, 6.07) is 5.67. The zero-order chi connectivity index (χ0) is 14.2. The zero-order valence-corrected chi connectivity index (χ0v) is 12.4. The van der Waals surface area contributed by atoms with Gasteiger partial charge in [-0.25, -0.2) is 8.42 Å². The first-order chi connectivity index (χ1) is 9.55. The van der Waals surface area contributed by atoms with Gasteiger partial charge in [-0.1, -0.05) is 6.07 Å². The number of sulfonamides is 1. The standard InChI is InChI=1S/C14H19NO4S/c1-20(16,17)15-7-2-4-12(15)11-5-6-13-14(10-11)19-9-3-8-18-13/h5-6,10,12H,2-4,7-9H2,1H3. The molecule has 1 aromatic carbocycles. The van der Waals surface area contributed by atoms with Crippen molar-refractivity contribution in [1.29, 1.82) is 0 Å². The highest BCUT2D eigenvalue weighted by atomic mass is 32.2. The molecule has 1 unspecified atom stereocenters. The van der Waals surface area contributed by atoms with E-state index in [0.717, 1.165) is 36.3 Å². The summed E-state index contributed by atoms with van der Waals surface area (Å²) in [6.07, 6.45) is 3.89. The highest BCUT2D eigenvalue weighted by Gasteiger charge is 2.33. The first-order valence-electron chi connectivity index (χ1n) is 6.92. The molecule has 0 N–H and O–H groups in total. The predicted molar refractivity (Wildman–Crippen MR) is 75.6 cm³/mol. The number of benzene rings is 1. The molecule has 1 saturated heterocycles. The Morgan fingerprint density at radius 1 is 1.15 bits per heavy atom. The molecule has 0 radical (unpaired) electrons. The molecule has 1 fully saturated rings. The molecule has 5 nitrogen and oxygen atoms in total. The minimum atomic E-state index is -3.17. The van der Waals surface area contributed by atoms with Gasteiger partial charge in [-0.2, -0.15) is 4.31 Å². The van der Waals surface area contributed by atoms with Gasteiger partial charge in [0.25, 0.3) is 0 Å². The smallest absolute Gasteiger partial charge is 0.211 e. The van der Waals surface area contributed by atoms with Crippen molar-refractivity contribution >= 4 is 10.0 Å². The van der Waals surface area contributed by atoms with Crippen molar-refractivity contribution in [3.05, 3.63) is 23.8 Å². The molecule has 0 saturated carbocycles. The number of nitrogens with zero attached hydrogens (tertiary/aromatic N) is 1. The van der Waals surface area contributed by atoms with Gasteiger partial charge in [0.15, 0.2) is 11.5 Å². The molecule has 0 aliphatic carbocycles. The quantitative estimate of drug-likeness (QED) is 0.837. The van der Waals surface area contributed by atoms with E-state index < -0.39 is 10.0 Å². The summed E-state index contributed by atoms with van der Waals surface area (Å²) in [6.45, 7) is 1.89. The Labute approximate surface area is 119 Å². The van der Waals surface area contributed by atoms with E-state index in [1.54, 1.807) is 4.31 Å². The van der Waals surface area contributed by atoms with Crippen LogP contribution in [0.4, 0.5) is 0 Å². The molecule has 0 amide bonds. The van der Waals surface area contributed by atoms with Crippen LogP contribution < -0.4 is 9.47 Å². The molecule has 20 heavy (non-hydrogen) atoms. The number of ether oxygens (including phenoxy) is 2. The van der Waals surface area contributed by atoms with Crippen molar-refractivity contribution in [3.8, 4) is 11.5 Å². The lowest BCUT2D eigenvalue weighted by Crippen LogP contribution is -2.29. The molecular weight excluding hydrogens is 278 g/mol. The van der Waals surface area contributed by atoms with Gasteiger partial charge in [-0.15, -0.1) is 0 Å². The first-order valence-corrected chi connectivity index (χ1v) is 8.77. The second-order valence-electron chi connectivity index (χ2n) is 5.29. The van der Waals surface area contributed by atoms with Gasteiger partial charge in [0, 0.05) is 19.0 Å². The molecule has 1 atom stereocenters. The van der Waals surface area contributed by atoms with Gasteiger partial charge in [0.1, 0.15) is 0 Å². The van der Waals surface area contributed by atoms with Gasteiger partial charge < -0.3 is 9.47 Å². The number of hydrogen-bond acceptors (Lipinski definition) is 4. The summed E-state index contributed by atoms with van der Waals surface area (Å²) < 4.78 is 36.5. The van der Waals surface area contributed by atoms with E-state index >= 15 is 0 Å². The van der Waals surface area contributed by atoms with E-state index in [2.05, 4.69) is 0 Å². The van der Waals surface area contributed by atoms with Crippen LogP contribution in [0.25, 0.3) is 0 Å². The van der Waals surface area contributed by atoms with Crippen molar-refractivity contribution in [3.63, 3.8) is 0 Å². The molecule has 110 valence electrons. The largest absolute Gasteiger partial charge is 0.490 e. The fourth-order valence-electron chi connectivity index (χ4n) is 2.86. The topological polar surface area (TPSA) is 55.8 Å². The Kier molecular flexibility index (Phi) is 3.60. The summed E-state index contributed by atoms with van der Waals surface area (Å²) in [7, 11) is -3.17. The predicted octanol–water partition coefficient (Wildman–Crippen LogP) is 1.94. The first kappa shape index (κ1) is 13.7. The van der Waals surface area contributed by atoms with Crippen LogP contribution in [-0.4, -0.2) is 38.7 Å². The van der Waals surface area contributed by atoms with Crippen molar-refractivity contribution in [2.45, 2.75) is 25.3 Å². The SMILES string of the molecule is CS(=O)(=O)N1CCCC1c1ccc2c(c1)OCCCO2. The van der Waals surface area contributed by atoms with Crippen molar-refractivity contribution in [1.82, 2.24) is 4.31 Å². The normalized spacial score (nSPS) is 23.6. The third-order valence-electron chi connectivity index (χ3n) is 3.79. The summed E-state index contributed by atoms with van der Waals surface area (Å²) in [4.78, 5) is 0. The molecule has 1 aromatic rings. The maximum atomic E-state index is 11.8. The Hall–Kier alpha value is -1.27. The molecule has 2 aliphatic heterocycles. The van der Waals surface area contributed by atoms with Crippen LogP contribution in [-0.2, 0) is 10.0 Å². The molecule has 0 spiro atoms. The molecule has 2 aliphatic rings. The van der Waals surface area contributed by atoms with Gasteiger partial charge >= 0.3 is 0 Å². The lowest BCUT2D eigenvalue weighted by molar-refractivity contribution is 0.296. The van der Waals surface area contributed by atoms with Gasteiger partial charge in [0.2, 0.25) is 10.0 Å². The van der Waals surface area contributed by atoms with E-state index in [-0.39, 0.29) is 6.04 Å². The van der Waals surface area contributed by atoms with Crippen molar-refractivity contribution in [2.24, 2.45) is 0 Å². The summed E-state index contributed by atoms with van der Waals surface area (Å²) >= 11 is 0. The van der Waals surface area contributed by atoms with Gasteiger partial charge in [-0.3, -0.25) is 0 Å². The molecule has 0 bridgehead atoms. The van der Waals surface area contributed by atoms with E-state index in [4.69, 9.17) is 9.47 Å². The Morgan fingerprint density at radius 3 is 2.65 bits per heavy atom. The average Bonchev–Trinajstić information content (AvgIpc) is 2.78. The second-order valence-corrected chi connectivity index (χ2v) is 7.22. The minimum absolute atomic E-state index is 0.0813. The summed E-state index contributed by atoms with van der Waals surface area (Å²) in [5.41, 5.74) is 0.983. The van der Waals surface area contributed by atoms with Crippen LogP contribution in [0.3, 0.4) is 0 Å². The van der Waals surface area contributed by atoms with Crippen LogP contribution in [0.15, 0.2) is 18.2 Å². The maximum absolute atomic E-state index is 11.8. The van der Waals surface area contributed by atoms with Crippen LogP contribution in [0, 0.1) is 0 Å². The Balaban J connectivity index is 1.92. The summed E-state index contributed by atoms with van der Waals surface area (Å²) in [5, 5.41) is 0. The molecule has 2 heterocycles. The number of hydrogen-bond donors (Lipinski definition) is 0. The third-order valence-corrected chi connectivity index (χ3v) is 5.08. The average molecular weight is 297 g/mol. The lowest BCUT2D eigenvalue weighted by atomic mass is 10.0. The van der Waals surface area contributed by atoms with E-state index in [0.29, 0.717) is 19.8 Å². The maximum Gasteiger partial charge on any atom is 0.211 e. The van der Waals surface area contributed by atoms with Crippen LogP contribution in [0.5, 0.6) is 11.5 Å². The fourth-order valence-corrected chi connectivity index (χ4v) is 4.01. The summed E-state index contributed by atoms with van der Waals surface area (Å²) in [5.74, 6) is 1.47. The Bertz CT molecular complexity index is 599. The van der Waals surface area contributed by atoms with Crippen molar-refractivity contribution < 1.29 is 17.9 Å². The highest BCUT2D eigenvalue weighted by molar-refractivity contribution is 7.88. The zero-order valence-electron chi connectivity index (χ0n) is 11.5. The van der Waals surface area contributed by atoms with Gasteiger partial charge in [0.05, 0.1) is 19.5 Å². The van der Waals surface area contributed by atoms with Crippen LogP contribution in [0.1, 0.15) is 30.9 Å². The molecular formula is C14H19NO4S. The van der Waals surface area contributed by atoms with Gasteiger partial charge in [-0.05, 0) is 30.5 Å². The molecule has 3 rings (SSSR count). The van der Waals surface area contributed by atoms with E-state index in [9.17, 15) is 8.42 Å². The minimum Gasteiger partial charge on any atom is -0.490 e. The van der Waals surface area contributed by atoms with Crippen LogP contribution >= 0.6 is 0 Å². The third kappa shape index (κ3) is 2.62. The highest BCUT2D eigenvalue weighted by Crippen LogP contribution is 2.38. The lowest BCUT2D eigenvalue weighted by Gasteiger charge is -2.23. The number of fused-ring (bicyclic) bond motifs is 1. The molecule has 0 aromatic heterocycles. The molecule has 6 heteroatoms. The Morgan fingerprint density at radius 2 is 1.90 bits per heavy atom. The van der Waals surface area contributed by atoms with E-state index in [1.165, 1.54) is 6.26 Å². The van der Waals surface area contributed by atoms with Crippen molar-refractivity contribution in [2.75, 3.05) is 26.0 Å². The second kappa shape index (κ2) is 5.26. The fraction of sp³-hybridized carbons (Fsp3) is 0.571. The van der Waals surface area contributed by atoms with E-state index in [1.807, 2.05) is 18.2 Å². The van der Waals surface area contributed by atoms with Crippen LogP contribution in [0.2, 0.25) is 0 Å².